The molecular weight excluding hydrogens is 363 g/mol. The largest absolute Gasteiger partial charge is 0.329 e. The van der Waals surface area contributed by atoms with Crippen LogP contribution in [0.25, 0.3) is 11.0 Å². The minimum Gasteiger partial charge on any atom is -0.292 e. The van der Waals surface area contributed by atoms with Crippen LogP contribution in [0.5, 0.6) is 0 Å². The molecule has 0 saturated carbocycles. The lowest BCUT2D eigenvalue weighted by Crippen LogP contribution is -2.42. The Hall–Kier alpha value is -3.42. The minimum atomic E-state index is -0.551. The molecule has 0 atom stereocenters. The Bertz CT molecular complexity index is 1050. The average molecular weight is 384 g/mol. The third-order valence-corrected chi connectivity index (χ3v) is 4.36. The number of carbonyl (C=O) groups is 2. The Morgan fingerprint density at radius 1 is 0.929 bits per heavy atom. The van der Waals surface area contributed by atoms with Crippen molar-refractivity contribution in [3.63, 3.8) is 0 Å². The van der Waals surface area contributed by atoms with Gasteiger partial charge in [-0.1, -0.05) is 19.1 Å². The topological polar surface area (TPSA) is 85.1 Å². The Morgan fingerprint density at radius 2 is 1.54 bits per heavy atom. The first-order valence-corrected chi connectivity index (χ1v) is 9.04. The number of nitrogens with zero attached hydrogens (tertiary/aromatic N) is 2. The van der Waals surface area contributed by atoms with E-state index in [1.807, 2.05) is 31.2 Å². The van der Waals surface area contributed by atoms with Crippen molar-refractivity contribution in [2.45, 2.75) is 32.9 Å². The van der Waals surface area contributed by atoms with Gasteiger partial charge in [-0.2, -0.15) is 0 Å². The average Bonchev–Trinajstić information content (AvgIpc) is 2.97. The first kappa shape index (κ1) is 19.3. The summed E-state index contributed by atoms with van der Waals surface area (Å²) in [5, 5.41) is 0. The molecule has 2 aromatic carbocycles. The summed E-state index contributed by atoms with van der Waals surface area (Å²) in [7, 11) is 0. The molecule has 28 heavy (non-hydrogen) atoms. The fourth-order valence-corrected chi connectivity index (χ4v) is 3.00. The first-order valence-electron chi connectivity index (χ1n) is 9.04. The van der Waals surface area contributed by atoms with Gasteiger partial charge in [-0.15, -0.1) is 0 Å². The molecule has 7 nitrogen and oxygen atoms in total. The molecule has 0 saturated heterocycles. The Kier molecular flexibility index (Phi) is 5.88. The molecule has 1 aromatic heterocycles. The number of fused-ring (bicyclic) bond motifs is 1. The van der Waals surface area contributed by atoms with Gasteiger partial charge in [0.1, 0.15) is 5.82 Å². The van der Waals surface area contributed by atoms with Crippen LogP contribution in [0.15, 0.2) is 53.3 Å². The third-order valence-electron chi connectivity index (χ3n) is 4.36. The lowest BCUT2D eigenvalue weighted by molar-refractivity contribution is -0.122. The Labute approximate surface area is 160 Å². The summed E-state index contributed by atoms with van der Waals surface area (Å²) in [4.78, 5) is 36.7. The van der Waals surface area contributed by atoms with E-state index in [-0.39, 0.29) is 24.2 Å². The van der Waals surface area contributed by atoms with Crippen LogP contribution in [0.1, 0.15) is 30.1 Å². The fraction of sp³-hybridized carbons (Fsp3) is 0.250. The van der Waals surface area contributed by atoms with Crippen LogP contribution in [0, 0.1) is 5.82 Å². The fourth-order valence-electron chi connectivity index (χ4n) is 3.00. The summed E-state index contributed by atoms with van der Waals surface area (Å²) >= 11 is 0. The smallest absolute Gasteiger partial charge is 0.292 e. The van der Waals surface area contributed by atoms with Gasteiger partial charge >= 0.3 is 5.69 Å². The molecule has 0 radical (unpaired) electrons. The molecule has 0 spiro atoms. The number of aryl methyl sites for hydroxylation is 2. The number of imidazole rings is 1. The van der Waals surface area contributed by atoms with Gasteiger partial charge in [-0.05, 0) is 42.8 Å². The summed E-state index contributed by atoms with van der Waals surface area (Å²) in [6, 6.07) is 12.4. The van der Waals surface area contributed by atoms with E-state index in [4.69, 9.17) is 0 Å². The van der Waals surface area contributed by atoms with E-state index in [0.717, 1.165) is 29.6 Å². The molecular formula is C20H21FN4O3. The van der Waals surface area contributed by atoms with E-state index in [2.05, 4.69) is 10.9 Å². The number of benzene rings is 2. The Morgan fingerprint density at radius 3 is 2.14 bits per heavy atom. The van der Waals surface area contributed by atoms with Gasteiger partial charge in [0.15, 0.2) is 0 Å². The number of hydrogen-bond acceptors (Lipinski definition) is 3. The van der Waals surface area contributed by atoms with Crippen molar-refractivity contribution in [1.82, 2.24) is 20.0 Å². The predicted molar refractivity (Wildman–Crippen MR) is 103 cm³/mol. The van der Waals surface area contributed by atoms with Gasteiger partial charge in [-0.3, -0.25) is 29.6 Å². The van der Waals surface area contributed by atoms with Crippen LogP contribution in [0.2, 0.25) is 0 Å². The van der Waals surface area contributed by atoms with Crippen LogP contribution in [0.3, 0.4) is 0 Å². The summed E-state index contributed by atoms with van der Waals surface area (Å²) in [6.07, 6.45) is 0.841. The van der Waals surface area contributed by atoms with Crippen molar-refractivity contribution < 1.29 is 14.0 Å². The van der Waals surface area contributed by atoms with E-state index in [1.54, 1.807) is 9.13 Å². The maximum atomic E-state index is 12.9. The standard InChI is InChI=1S/C20H21FN4O3/c1-2-12-24-16-5-3-4-6-17(16)25(20(24)28)13-11-18(26)22-23-19(27)14-7-9-15(21)10-8-14/h3-10H,2,11-13H2,1H3,(H,22,26)(H,23,27). The minimum absolute atomic E-state index is 0.0176. The second-order valence-electron chi connectivity index (χ2n) is 6.33. The van der Waals surface area contributed by atoms with Crippen molar-refractivity contribution >= 4 is 22.8 Å². The molecule has 2 amide bonds. The SMILES string of the molecule is CCCn1c(=O)n(CCC(=O)NNC(=O)c2ccc(F)cc2)c2ccccc21. The molecule has 0 bridgehead atoms. The van der Waals surface area contributed by atoms with E-state index in [1.165, 1.54) is 12.1 Å². The highest BCUT2D eigenvalue weighted by atomic mass is 19.1. The number of para-hydroxylation sites is 2. The number of aromatic nitrogens is 2. The van der Waals surface area contributed by atoms with Gasteiger partial charge in [0, 0.05) is 25.1 Å². The first-order chi connectivity index (χ1) is 13.5. The maximum Gasteiger partial charge on any atom is 0.329 e. The molecule has 0 aliphatic rings. The van der Waals surface area contributed by atoms with Crippen LogP contribution in [0.4, 0.5) is 4.39 Å². The Balaban J connectivity index is 1.63. The van der Waals surface area contributed by atoms with E-state index in [0.29, 0.717) is 6.54 Å². The summed E-state index contributed by atoms with van der Waals surface area (Å²) in [5.41, 5.74) is 6.25. The number of rotatable bonds is 6. The molecule has 2 N–H and O–H groups in total. The van der Waals surface area contributed by atoms with E-state index in [9.17, 15) is 18.8 Å². The van der Waals surface area contributed by atoms with Crippen LogP contribution < -0.4 is 16.5 Å². The molecule has 0 aliphatic heterocycles. The van der Waals surface area contributed by atoms with Gasteiger partial charge in [0.05, 0.1) is 11.0 Å². The van der Waals surface area contributed by atoms with Gasteiger partial charge in [0.25, 0.3) is 5.91 Å². The van der Waals surface area contributed by atoms with Crippen molar-refractivity contribution in [3.05, 3.63) is 70.4 Å². The molecule has 1 heterocycles. The molecule has 8 heteroatoms. The highest BCUT2D eigenvalue weighted by Crippen LogP contribution is 2.13. The molecule has 0 unspecified atom stereocenters. The summed E-state index contributed by atoms with van der Waals surface area (Å²) in [6.45, 7) is 2.79. The quantitative estimate of drug-likeness (QED) is 0.639. The third kappa shape index (κ3) is 4.11. The number of hydrazine groups is 1. The molecule has 0 aliphatic carbocycles. The van der Waals surface area contributed by atoms with Crippen LogP contribution >= 0.6 is 0 Å². The van der Waals surface area contributed by atoms with Gasteiger partial charge in [-0.25, -0.2) is 9.18 Å². The summed E-state index contributed by atoms with van der Waals surface area (Å²) in [5.74, 6) is -1.44. The van der Waals surface area contributed by atoms with E-state index < -0.39 is 17.6 Å². The zero-order valence-electron chi connectivity index (χ0n) is 15.4. The normalized spacial score (nSPS) is 10.8. The van der Waals surface area contributed by atoms with Crippen LogP contribution in [-0.4, -0.2) is 20.9 Å². The number of amides is 2. The van der Waals surface area contributed by atoms with Gasteiger partial charge in [0.2, 0.25) is 5.91 Å². The molecule has 0 fully saturated rings. The second kappa shape index (κ2) is 8.51. The zero-order chi connectivity index (χ0) is 20.1. The summed E-state index contributed by atoms with van der Waals surface area (Å²) < 4.78 is 16.1. The number of carbonyl (C=O) groups excluding carboxylic acids is 2. The predicted octanol–water partition coefficient (Wildman–Crippen LogP) is 2.20. The maximum absolute atomic E-state index is 12.9. The zero-order valence-corrected chi connectivity index (χ0v) is 15.4. The number of hydrogen-bond donors (Lipinski definition) is 2. The highest BCUT2D eigenvalue weighted by molar-refractivity contribution is 5.95. The molecule has 3 aromatic rings. The monoisotopic (exact) mass is 384 g/mol. The molecule has 3 rings (SSSR count). The number of nitrogens with one attached hydrogen (secondary N) is 2. The lowest BCUT2D eigenvalue weighted by Gasteiger charge is -2.08. The van der Waals surface area contributed by atoms with Crippen molar-refractivity contribution in [2.24, 2.45) is 0 Å². The lowest BCUT2D eigenvalue weighted by atomic mass is 10.2. The van der Waals surface area contributed by atoms with Crippen LogP contribution in [-0.2, 0) is 17.9 Å². The number of halogens is 1. The van der Waals surface area contributed by atoms with Crippen molar-refractivity contribution in [3.8, 4) is 0 Å². The molecule has 146 valence electrons. The van der Waals surface area contributed by atoms with Gasteiger partial charge < -0.3 is 0 Å². The van der Waals surface area contributed by atoms with Crippen molar-refractivity contribution in [2.75, 3.05) is 0 Å². The van der Waals surface area contributed by atoms with Crippen molar-refractivity contribution in [1.29, 1.82) is 0 Å². The second-order valence-corrected chi connectivity index (χ2v) is 6.33. The van der Waals surface area contributed by atoms with E-state index >= 15 is 0 Å². The highest BCUT2D eigenvalue weighted by Gasteiger charge is 2.14.